The number of nitrogens with one attached hydrogen (secondary N) is 1. The summed E-state index contributed by atoms with van der Waals surface area (Å²) in [7, 11) is 0. The Morgan fingerprint density at radius 2 is 1.40 bits per heavy atom. The molecule has 3 aromatic rings. The van der Waals surface area contributed by atoms with Crippen molar-refractivity contribution in [2.45, 2.75) is 50.5 Å². The van der Waals surface area contributed by atoms with Gasteiger partial charge in [0, 0.05) is 30.9 Å². The van der Waals surface area contributed by atoms with Gasteiger partial charge in [-0.15, -0.1) is 0 Å². The average molecular weight is 565 g/mol. The molecule has 3 aromatic carbocycles. The molecule has 0 unspecified atom stereocenters. The van der Waals surface area contributed by atoms with E-state index in [1.165, 1.54) is 32.1 Å². The predicted molar refractivity (Wildman–Crippen MR) is 165 cm³/mol. The SMILES string of the molecule is O=C(CN1CN(c2ccccc2)C2(CCN(C(=O)c3ccc(-c4ccccc4)cc3)CC2)C1=O)NCC1CCCCC1. The van der Waals surface area contributed by atoms with E-state index >= 15 is 0 Å². The molecule has 3 fully saturated rings. The van der Waals surface area contributed by atoms with Gasteiger partial charge in [-0.3, -0.25) is 14.4 Å². The van der Waals surface area contributed by atoms with Gasteiger partial charge in [-0.25, -0.2) is 0 Å². The van der Waals surface area contributed by atoms with Crippen LogP contribution in [-0.2, 0) is 9.59 Å². The Bertz CT molecular complexity index is 1380. The number of piperidine rings is 1. The smallest absolute Gasteiger partial charge is 0.253 e. The third-order valence-electron chi connectivity index (χ3n) is 9.35. The zero-order valence-corrected chi connectivity index (χ0v) is 24.2. The number of carbonyl (C=O) groups excluding carboxylic acids is 3. The van der Waals surface area contributed by atoms with Crippen LogP contribution in [0, 0.1) is 5.92 Å². The highest BCUT2D eigenvalue weighted by molar-refractivity contribution is 5.98. The Kier molecular flexibility index (Phi) is 8.27. The van der Waals surface area contributed by atoms with Crippen LogP contribution < -0.4 is 10.2 Å². The van der Waals surface area contributed by atoms with Crippen molar-refractivity contribution in [1.82, 2.24) is 15.1 Å². The summed E-state index contributed by atoms with van der Waals surface area (Å²) >= 11 is 0. The molecule has 0 radical (unpaired) electrons. The lowest BCUT2D eigenvalue weighted by Crippen LogP contribution is -2.57. The summed E-state index contributed by atoms with van der Waals surface area (Å²) in [5.41, 5.74) is 3.04. The van der Waals surface area contributed by atoms with Crippen molar-refractivity contribution in [3.05, 3.63) is 90.5 Å². The summed E-state index contributed by atoms with van der Waals surface area (Å²) in [6, 6.07) is 27.8. The van der Waals surface area contributed by atoms with Crippen LogP contribution in [-0.4, -0.2) is 65.9 Å². The summed E-state index contributed by atoms with van der Waals surface area (Å²) in [6.07, 6.45) is 7.13. The van der Waals surface area contributed by atoms with Gasteiger partial charge in [0.2, 0.25) is 5.91 Å². The van der Waals surface area contributed by atoms with Gasteiger partial charge in [0.1, 0.15) is 12.1 Å². The van der Waals surface area contributed by atoms with E-state index in [9.17, 15) is 14.4 Å². The van der Waals surface area contributed by atoms with Crippen LogP contribution >= 0.6 is 0 Å². The number of likely N-dealkylation sites (tertiary alicyclic amines) is 1. The maximum Gasteiger partial charge on any atom is 0.253 e. The minimum atomic E-state index is -0.765. The number of anilines is 1. The molecule has 42 heavy (non-hydrogen) atoms. The van der Waals surface area contributed by atoms with Crippen molar-refractivity contribution >= 4 is 23.4 Å². The number of hydrogen-bond acceptors (Lipinski definition) is 4. The summed E-state index contributed by atoms with van der Waals surface area (Å²) in [5.74, 6) is 0.421. The van der Waals surface area contributed by atoms with E-state index in [0.29, 0.717) is 50.6 Å². The largest absolute Gasteiger partial charge is 0.354 e. The maximum atomic E-state index is 14.0. The molecule has 1 saturated carbocycles. The van der Waals surface area contributed by atoms with Crippen LogP contribution in [0.1, 0.15) is 55.3 Å². The minimum absolute atomic E-state index is 0.0138. The standard InChI is InChI=1S/C35H40N4O3/c40-32(36-24-27-10-4-1-5-11-27)25-38-26-39(31-14-8-3-9-15-31)35(34(38)42)20-22-37(23-21-35)33(41)30-18-16-29(17-19-30)28-12-6-2-7-13-28/h2-3,6-9,12-19,27H,1,4-5,10-11,20-26H2,(H,36,40). The number of rotatable bonds is 7. The molecule has 0 aromatic heterocycles. The molecule has 218 valence electrons. The van der Waals surface area contributed by atoms with Crippen LogP contribution in [0.4, 0.5) is 5.69 Å². The molecular formula is C35H40N4O3. The van der Waals surface area contributed by atoms with E-state index in [1.54, 1.807) is 4.90 Å². The number of benzene rings is 3. The summed E-state index contributed by atoms with van der Waals surface area (Å²) in [6.45, 7) is 2.09. The van der Waals surface area contributed by atoms with Gasteiger partial charge in [-0.05, 0) is 67.0 Å². The van der Waals surface area contributed by atoms with Crippen LogP contribution in [0.15, 0.2) is 84.9 Å². The van der Waals surface area contributed by atoms with Crippen molar-refractivity contribution in [2.24, 2.45) is 5.92 Å². The fraction of sp³-hybridized carbons (Fsp3) is 0.400. The van der Waals surface area contributed by atoms with E-state index in [-0.39, 0.29) is 24.3 Å². The molecule has 1 N–H and O–H groups in total. The van der Waals surface area contributed by atoms with Crippen LogP contribution in [0.2, 0.25) is 0 Å². The number of hydrogen-bond donors (Lipinski definition) is 1. The molecule has 7 heteroatoms. The second kappa shape index (κ2) is 12.4. The number of carbonyl (C=O) groups is 3. The monoisotopic (exact) mass is 564 g/mol. The van der Waals surface area contributed by atoms with Crippen LogP contribution in [0.3, 0.4) is 0 Å². The third-order valence-corrected chi connectivity index (χ3v) is 9.35. The summed E-state index contributed by atoms with van der Waals surface area (Å²) in [5, 5.41) is 3.10. The summed E-state index contributed by atoms with van der Waals surface area (Å²) < 4.78 is 0. The lowest BCUT2D eigenvalue weighted by atomic mass is 9.85. The van der Waals surface area contributed by atoms with Crippen molar-refractivity contribution in [2.75, 3.05) is 37.7 Å². The summed E-state index contributed by atoms with van der Waals surface area (Å²) in [4.78, 5) is 46.1. The van der Waals surface area contributed by atoms with Crippen LogP contribution in [0.5, 0.6) is 0 Å². The first-order valence-corrected chi connectivity index (χ1v) is 15.4. The van der Waals surface area contributed by atoms with E-state index < -0.39 is 5.54 Å². The van der Waals surface area contributed by atoms with E-state index in [4.69, 9.17) is 0 Å². The maximum absolute atomic E-state index is 14.0. The lowest BCUT2D eigenvalue weighted by molar-refractivity contribution is -0.137. The number of nitrogens with zero attached hydrogens (tertiary/aromatic N) is 3. The quantitative estimate of drug-likeness (QED) is 0.421. The normalized spacial score (nSPS) is 18.9. The lowest BCUT2D eigenvalue weighted by Gasteiger charge is -2.43. The second-order valence-corrected chi connectivity index (χ2v) is 12.0. The Morgan fingerprint density at radius 1 is 0.786 bits per heavy atom. The topological polar surface area (TPSA) is 73.0 Å². The average Bonchev–Trinajstić information content (AvgIpc) is 3.31. The molecule has 2 aliphatic heterocycles. The van der Waals surface area contributed by atoms with E-state index in [2.05, 4.69) is 22.3 Å². The second-order valence-electron chi connectivity index (χ2n) is 12.0. The molecule has 2 heterocycles. The van der Waals surface area contributed by atoms with Gasteiger partial charge in [0.25, 0.3) is 11.8 Å². The first-order valence-electron chi connectivity index (χ1n) is 15.4. The Hall–Kier alpha value is -4.13. The molecule has 1 aliphatic carbocycles. The number of amides is 3. The fourth-order valence-electron chi connectivity index (χ4n) is 6.90. The van der Waals surface area contributed by atoms with Gasteiger partial charge in [-0.1, -0.05) is 79.9 Å². The zero-order chi connectivity index (χ0) is 28.9. The van der Waals surface area contributed by atoms with Crippen molar-refractivity contribution < 1.29 is 14.4 Å². The molecular weight excluding hydrogens is 524 g/mol. The molecule has 7 nitrogen and oxygen atoms in total. The predicted octanol–water partition coefficient (Wildman–Crippen LogP) is 5.33. The van der Waals surface area contributed by atoms with E-state index in [0.717, 1.165) is 16.8 Å². The van der Waals surface area contributed by atoms with Crippen LogP contribution in [0.25, 0.3) is 11.1 Å². The highest BCUT2D eigenvalue weighted by Crippen LogP contribution is 2.39. The Balaban J connectivity index is 1.13. The molecule has 1 spiro atoms. The molecule has 2 saturated heterocycles. The van der Waals surface area contributed by atoms with Gasteiger partial charge in [0.15, 0.2) is 0 Å². The Labute approximate surface area is 248 Å². The van der Waals surface area contributed by atoms with Crippen molar-refractivity contribution in [3.8, 4) is 11.1 Å². The highest BCUT2D eigenvalue weighted by Gasteiger charge is 2.54. The van der Waals surface area contributed by atoms with Crippen molar-refractivity contribution in [3.63, 3.8) is 0 Å². The fourth-order valence-corrected chi connectivity index (χ4v) is 6.90. The third kappa shape index (κ3) is 5.78. The van der Waals surface area contributed by atoms with Gasteiger partial charge >= 0.3 is 0 Å². The minimum Gasteiger partial charge on any atom is -0.354 e. The zero-order valence-electron chi connectivity index (χ0n) is 24.2. The first kappa shape index (κ1) is 28.0. The Morgan fingerprint density at radius 3 is 2.07 bits per heavy atom. The molecule has 6 rings (SSSR count). The molecule has 0 bridgehead atoms. The molecule has 3 aliphatic rings. The molecule has 0 atom stereocenters. The van der Waals surface area contributed by atoms with Gasteiger partial charge < -0.3 is 20.0 Å². The highest BCUT2D eigenvalue weighted by atomic mass is 16.2. The molecule has 3 amide bonds. The first-order chi connectivity index (χ1) is 20.5. The van der Waals surface area contributed by atoms with E-state index in [1.807, 2.05) is 77.7 Å². The van der Waals surface area contributed by atoms with Crippen molar-refractivity contribution in [1.29, 1.82) is 0 Å². The van der Waals surface area contributed by atoms with Gasteiger partial charge in [-0.2, -0.15) is 0 Å². The number of para-hydroxylation sites is 1. The van der Waals surface area contributed by atoms with Gasteiger partial charge in [0.05, 0.1) is 6.67 Å².